The maximum absolute atomic E-state index is 5.98. The van der Waals surface area contributed by atoms with Gasteiger partial charge in [0.25, 0.3) is 0 Å². The highest BCUT2D eigenvalue weighted by Crippen LogP contribution is 2.46. The third kappa shape index (κ3) is 1.73. The molecule has 1 aromatic carbocycles. The monoisotopic (exact) mass is 254 g/mol. The third-order valence-electron chi connectivity index (χ3n) is 3.48. The van der Waals surface area contributed by atoms with Gasteiger partial charge in [-0.25, -0.2) is 0 Å². The molecule has 0 radical (unpaired) electrons. The Kier molecular flexibility index (Phi) is 2.77. The van der Waals surface area contributed by atoms with E-state index in [1.165, 1.54) is 5.56 Å². The second kappa shape index (κ2) is 4.16. The maximum atomic E-state index is 5.98. The van der Waals surface area contributed by atoms with Crippen molar-refractivity contribution < 1.29 is 14.2 Å². The van der Waals surface area contributed by atoms with E-state index >= 15 is 0 Å². The van der Waals surface area contributed by atoms with Gasteiger partial charge in [-0.3, -0.25) is 0 Å². The fourth-order valence-electron chi connectivity index (χ4n) is 2.60. The average Bonchev–Trinajstić information content (AvgIpc) is 2.95. The van der Waals surface area contributed by atoms with Crippen molar-refractivity contribution in [1.82, 2.24) is 0 Å². The number of alkyl halides is 1. The van der Waals surface area contributed by atoms with Crippen LogP contribution in [0.2, 0.25) is 0 Å². The summed E-state index contributed by atoms with van der Waals surface area (Å²) in [6.07, 6.45) is 1.84. The number of halogens is 1. The Hall–Kier alpha value is -0.770. The van der Waals surface area contributed by atoms with Gasteiger partial charge < -0.3 is 14.2 Å². The molecular formula is C13H15ClO3. The van der Waals surface area contributed by atoms with Crippen molar-refractivity contribution in [2.24, 2.45) is 0 Å². The van der Waals surface area contributed by atoms with E-state index in [1.54, 1.807) is 7.11 Å². The Labute approximate surface area is 106 Å². The van der Waals surface area contributed by atoms with E-state index in [4.69, 9.17) is 25.8 Å². The molecule has 2 aliphatic rings. The van der Waals surface area contributed by atoms with E-state index in [2.05, 4.69) is 6.07 Å². The van der Waals surface area contributed by atoms with Crippen LogP contribution in [-0.2, 0) is 21.7 Å². The maximum Gasteiger partial charge on any atom is 0.196 e. The molecule has 1 saturated heterocycles. The molecule has 0 bridgehead atoms. The van der Waals surface area contributed by atoms with Gasteiger partial charge >= 0.3 is 0 Å². The highest BCUT2D eigenvalue weighted by Gasteiger charge is 2.47. The number of rotatable bonds is 2. The molecule has 3 rings (SSSR count). The van der Waals surface area contributed by atoms with E-state index in [1.807, 2.05) is 12.1 Å². The summed E-state index contributed by atoms with van der Waals surface area (Å²) in [5.41, 5.74) is 2.38. The van der Waals surface area contributed by atoms with Crippen LogP contribution in [0.5, 0.6) is 5.75 Å². The van der Waals surface area contributed by atoms with Crippen molar-refractivity contribution in [2.75, 3.05) is 19.6 Å². The molecular weight excluding hydrogens is 240 g/mol. The topological polar surface area (TPSA) is 27.7 Å². The first-order valence-corrected chi connectivity index (χ1v) is 6.36. The first-order chi connectivity index (χ1) is 8.27. The number of aryl methyl sites for hydroxylation is 1. The van der Waals surface area contributed by atoms with Gasteiger partial charge in [-0.05, 0) is 24.1 Å². The Morgan fingerprint density at radius 3 is 3.12 bits per heavy atom. The van der Waals surface area contributed by atoms with Gasteiger partial charge in [0.15, 0.2) is 5.79 Å². The first-order valence-electron chi connectivity index (χ1n) is 5.82. The van der Waals surface area contributed by atoms with Crippen LogP contribution in [-0.4, -0.2) is 25.7 Å². The second-order valence-corrected chi connectivity index (χ2v) is 4.79. The zero-order valence-corrected chi connectivity index (χ0v) is 10.5. The van der Waals surface area contributed by atoms with Crippen molar-refractivity contribution in [1.29, 1.82) is 0 Å². The third-order valence-corrected chi connectivity index (χ3v) is 3.83. The van der Waals surface area contributed by atoms with Gasteiger partial charge in [0.05, 0.1) is 25.7 Å². The summed E-state index contributed by atoms with van der Waals surface area (Å²) in [6, 6.07) is 6.08. The van der Waals surface area contributed by atoms with Gasteiger partial charge in [0.1, 0.15) is 5.75 Å². The molecule has 1 aromatic rings. The normalized spacial score (nSPS) is 30.8. The van der Waals surface area contributed by atoms with Crippen LogP contribution in [0.3, 0.4) is 0 Å². The lowest BCUT2D eigenvalue weighted by Gasteiger charge is -2.24. The lowest BCUT2D eigenvalue weighted by atomic mass is 10.1. The SMILES string of the molecule is COc1ccc2c(c1)C1(CC2)OCC(CCl)O1. The predicted octanol–water partition coefficient (Wildman–Crippen LogP) is 2.45. The minimum Gasteiger partial charge on any atom is -0.497 e. The average molecular weight is 255 g/mol. The van der Waals surface area contributed by atoms with Gasteiger partial charge in [-0.2, -0.15) is 0 Å². The van der Waals surface area contributed by atoms with Crippen LogP contribution in [0.15, 0.2) is 18.2 Å². The molecule has 4 heteroatoms. The zero-order chi connectivity index (χ0) is 11.9. The highest BCUT2D eigenvalue weighted by molar-refractivity contribution is 6.18. The van der Waals surface area contributed by atoms with E-state index in [0.29, 0.717) is 12.5 Å². The van der Waals surface area contributed by atoms with Gasteiger partial charge in [0, 0.05) is 12.0 Å². The van der Waals surface area contributed by atoms with E-state index < -0.39 is 5.79 Å². The van der Waals surface area contributed by atoms with E-state index in [-0.39, 0.29) is 6.10 Å². The molecule has 1 spiro atoms. The van der Waals surface area contributed by atoms with Crippen molar-refractivity contribution in [3.63, 3.8) is 0 Å². The van der Waals surface area contributed by atoms with Crippen molar-refractivity contribution >= 4 is 11.6 Å². The Balaban J connectivity index is 1.97. The molecule has 3 nitrogen and oxygen atoms in total. The molecule has 1 aliphatic carbocycles. The highest BCUT2D eigenvalue weighted by atomic mass is 35.5. The number of hydrogen-bond donors (Lipinski definition) is 0. The molecule has 0 aromatic heterocycles. The summed E-state index contributed by atoms with van der Waals surface area (Å²) >= 11 is 5.83. The first kappa shape index (κ1) is 11.3. The molecule has 1 fully saturated rings. The fourth-order valence-corrected chi connectivity index (χ4v) is 2.75. The molecule has 0 N–H and O–H groups in total. The predicted molar refractivity (Wildman–Crippen MR) is 64.5 cm³/mol. The summed E-state index contributed by atoms with van der Waals surface area (Å²) in [6.45, 7) is 0.570. The van der Waals surface area contributed by atoms with Crippen molar-refractivity contribution in [3.8, 4) is 5.75 Å². The Bertz CT molecular complexity index is 435. The largest absolute Gasteiger partial charge is 0.497 e. The summed E-state index contributed by atoms with van der Waals surface area (Å²) in [5, 5.41) is 0. The van der Waals surface area contributed by atoms with E-state index in [0.717, 1.165) is 24.2 Å². The Morgan fingerprint density at radius 2 is 2.41 bits per heavy atom. The van der Waals surface area contributed by atoms with Crippen LogP contribution < -0.4 is 4.74 Å². The number of ether oxygens (including phenoxy) is 3. The summed E-state index contributed by atoms with van der Waals surface area (Å²) in [4.78, 5) is 0. The van der Waals surface area contributed by atoms with Gasteiger partial charge in [0.2, 0.25) is 0 Å². The summed E-state index contributed by atoms with van der Waals surface area (Å²) in [7, 11) is 1.67. The molecule has 2 atom stereocenters. The van der Waals surface area contributed by atoms with Crippen LogP contribution in [0.4, 0.5) is 0 Å². The fraction of sp³-hybridized carbons (Fsp3) is 0.538. The number of fused-ring (bicyclic) bond motifs is 2. The van der Waals surface area contributed by atoms with Crippen molar-refractivity contribution in [2.45, 2.75) is 24.7 Å². The van der Waals surface area contributed by atoms with Crippen LogP contribution in [0.25, 0.3) is 0 Å². The smallest absolute Gasteiger partial charge is 0.196 e. The summed E-state index contributed by atoms with van der Waals surface area (Å²) < 4.78 is 17.1. The lowest BCUT2D eigenvalue weighted by Crippen LogP contribution is -2.25. The number of methoxy groups -OCH3 is 1. The molecule has 17 heavy (non-hydrogen) atoms. The number of hydrogen-bond acceptors (Lipinski definition) is 3. The van der Waals surface area contributed by atoms with E-state index in [9.17, 15) is 0 Å². The van der Waals surface area contributed by atoms with Gasteiger partial charge in [-0.1, -0.05) is 6.07 Å². The summed E-state index contributed by atoms with van der Waals surface area (Å²) in [5.74, 6) is 0.733. The van der Waals surface area contributed by atoms with Crippen LogP contribution in [0.1, 0.15) is 17.5 Å². The van der Waals surface area contributed by atoms with Crippen molar-refractivity contribution in [3.05, 3.63) is 29.3 Å². The minimum absolute atomic E-state index is 0.00572. The molecule has 1 heterocycles. The zero-order valence-electron chi connectivity index (χ0n) is 9.74. The Morgan fingerprint density at radius 1 is 1.53 bits per heavy atom. The van der Waals surface area contributed by atoms with Gasteiger partial charge in [-0.15, -0.1) is 11.6 Å². The number of benzene rings is 1. The second-order valence-electron chi connectivity index (χ2n) is 4.48. The quantitative estimate of drug-likeness (QED) is 0.759. The van der Waals surface area contributed by atoms with Crippen LogP contribution >= 0.6 is 11.6 Å². The molecule has 92 valence electrons. The lowest BCUT2D eigenvalue weighted by molar-refractivity contribution is -0.172. The standard InChI is InChI=1S/C13H15ClO3/c1-15-10-3-2-9-4-5-13(12(9)6-10)16-8-11(7-14)17-13/h2-3,6,11H,4-5,7-8H2,1H3. The van der Waals surface area contributed by atoms with Crippen LogP contribution in [0, 0.1) is 0 Å². The molecule has 0 saturated carbocycles. The molecule has 2 unspecified atom stereocenters. The molecule has 0 amide bonds. The minimum atomic E-state index is -0.580. The molecule has 1 aliphatic heterocycles.